The minimum Gasteiger partial charge on any atom is -0.481 e. The third-order valence-electron chi connectivity index (χ3n) is 6.68. The van der Waals surface area contributed by atoms with Gasteiger partial charge in [0.2, 0.25) is 15.8 Å². The van der Waals surface area contributed by atoms with Gasteiger partial charge < -0.3 is 9.52 Å². The normalized spacial score (nSPS) is 12.2. The lowest BCUT2D eigenvalue weighted by molar-refractivity contribution is -0.153. The van der Waals surface area contributed by atoms with E-state index in [9.17, 15) is 26.4 Å². The highest BCUT2D eigenvalue weighted by Crippen LogP contribution is 2.33. The Balaban J connectivity index is 1.66. The predicted octanol–water partition coefficient (Wildman–Crippen LogP) is 7.30. The fourth-order valence-corrected chi connectivity index (χ4v) is 6.69. The molecule has 1 heterocycles. The van der Waals surface area contributed by atoms with Gasteiger partial charge in [-0.1, -0.05) is 66.2 Å². The van der Waals surface area contributed by atoms with Crippen LogP contribution in [0.4, 0.5) is 13.2 Å². The zero-order valence-corrected chi connectivity index (χ0v) is 23.6. The van der Waals surface area contributed by atoms with Crippen molar-refractivity contribution in [2.45, 2.75) is 57.8 Å². The van der Waals surface area contributed by atoms with E-state index in [1.165, 1.54) is 0 Å². The molecule has 0 amide bonds. The smallest absolute Gasteiger partial charge is 0.449 e. The van der Waals surface area contributed by atoms with Gasteiger partial charge in [-0.3, -0.25) is 4.79 Å². The van der Waals surface area contributed by atoms with Crippen LogP contribution >= 0.6 is 0 Å². The number of aliphatic carboxylic acids is 1. The highest BCUT2D eigenvalue weighted by Gasteiger charge is 2.36. The molecule has 216 valence electrons. The first kappa shape index (κ1) is 30.1. The molecule has 0 aliphatic carbocycles. The molecule has 1 N–H and O–H groups in total. The maximum Gasteiger partial charge on any atom is 0.449 e. The Hall–Kier alpha value is -3.89. The first-order chi connectivity index (χ1) is 19.2. The van der Waals surface area contributed by atoms with Crippen molar-refractivity contribution in [1.82, 2.24) is 4.31 Å². The van der Waals surface area contributed by atoms with Crippen LogP contribution in [0.2, 0.25) is 0 Å². The van der Waals surface area contributed by atoms with E-state index in [1.54, 1.807) is 38.1 Å². The van der Waals surface area contributed by atoms with E-state index in [4.69, 9.17) is 9.52 Å². The molecule has 1 aromatic heterocycles. The van der Waals surface area contributed by atoms with Crippen molar-refractivity contribution in [3.8, 4) is 11.1 Å². The maximum atomic E-state index is 14.0. The Labute approximate surface area is 237 Å². The number of hydrogen-bond donors (Lipinski definition) is 1. The third kappa shape index (κ3) is 7.25. The van der Waals surface area contributed by atoms with Gasteiger partial charge in [-0.25, -0.2) is 8.42 Å². The number of sulfonamides is 1. The molecule has 0 fully saturated rings. The number of carboxylic acids is 1. The second kappa shape index (κ2) is 11.9. The summed E-state index contributed by atoms with van der Waals surface area (Å²) in [6, 6.07) is 20.1. The highest BCUT2D eigenvalue weighted by atomic mass is 32.2. The number of furan rings is 1. The van der Waals surface area contributed by atoms with Crippen LogP contribution in [0, 0.1) is 20.8 Å². The molecule has 0 saturated heterocycles. The van der Waals surface area contributed by atoms with Gasteiger partial charge in [-0.05, 0) is 72.7 Å². The summed E-state index contributed by atoms with van der Waals surface area (Å²) >= 11 is 0. The molecule has 4 rings (SSSR count). The number of benzene rings is 3. The van der Waals surface area contributed by atoms with E-state index in [1.807, 2.05) is 43.3 Å². The summed E-state index contributed by atoms with van der Waals surface area (Å²) in [7, 11) is -4.14. The Morgan fingerprint density at radius 2 is 1.51 bits per heavy atom. The SMILES string of the molecule is Cc1cc(C)c(S(=O)(=O)N(Cc2ccc(-c3cccc(CCC(=O)O)c3)cc2)Cc2ccc(C(F)(F)F)o2)c(C)c1. The van der Waals surface area contributed by atoms with Crippen molar-refractivity contribution >= 4 is 16.0 Å². The van der Waals surface area contributed by atoms with Crippen molar-refractivity contribution in [3.05, 3.63) is 112 Å². The molecule has 4 aromatic rings. The summed E-state index contributed by atoms with van der Waals surface area (Å²) in [4.78, 5) is 11.0. The first-order valence-electron chi connectivity index (χ1n) is 12.9. The van der Waals surface area contributed by atoms with Gasteiger partial charge in [0.15, 0.2) is 0 Å². The molecule has 3 aromatic carbocycles. The van der Waals surface area contributed by atoms with Gasteiger partial charge in [-0.15, -0.1) is 0 Å². The van der Waals surface area contributed by atoms with Gasteiger partial charge >= 0.3 is 12.1 Å². The second-order valence-electron chi connectivity index (χ2n) is 10.1. The Morgan fingerprint density at radius 1 is 0.854 bits per heavy atom. The topological polar surface area (TPSA) is 87.8 Å². The van der Waals surface area contributed by atoms with Gasteiger partial charge in [0.1, 0.15) is 5.76 Å². The number of carbonyl (C=O) groups is 1. The molecule has 0 spiro atoms. The summed E-state index contributed by atoms with van der Waals surface area (Å²) in [5.41, 5.74) is 5.23. The van der Waals surface area contributed by atoms with Crippen LogP contribution in [0.5, 0.6) is 0 Å². The Bertz CT molecular complexity index is 1630. The average Bonchev–Trinajstić information content (AvgIpc) is 3.36. The average molecular weight is 586 g/mol. The van der Waals surface area contributed by atoms with Crippen molar-refractivity contribution in [1.29, 1.82) is 0 Å². The number of alkyl halides is 3. The maximum absolute atomic E-state index is 14.0. The predicted molar refractivity (Wildman–Crippen MR) is 149 cm³/mol. The summed E-state index contributed by atoms with van der Waals surface area (Å²) in [6.45, 7) is 4.76. The number of nitrogens with zero attached hydrogens (tertiary/aromatic N) is 1. The van der Waals surface area contributed by atoms with Crippen LogP contribution in [0.1, 0.15) is 45.8 Å². The number of hydrogen-bond acceptors (Lipinski definition) is 4. The molecular weight excluding hydrogens is 555 g/mol. The molecule has 0 aliphatic rings. The minimum absolute atomic E-state index is 0.0206. The summed E-state index contributed by atoms with van der Waals surface area (Å²) < 4.78 is 73.5. The monoisotopic (exact) mass is 585 g/mol. The largest absolute Gasteiger partial charge is 0.481 e. The quantitative estimate of drug-likeness (QED) is 0.211. The number of rotatable bonds is 10. The number of halogens is 3. The lowest BCUT2D eigenvalue weighted by atomic mass is 10.00. The molecule has 0 radical (unpaired) electrons. The minimum atomic E-state index is -4.69. The van der Waals surface area contributed by atoms with Crippen LogP contribution < -0.4 is 0 Å². The lowest BCUT2D eigenvalue weighted by Gasteiger charge is -2.24. The van der Waals surface area contributed by atoms with Crippen molar-refractivity contribution in [2.24, 2.45) is 0 Å². The fraction of sp³-hybridized carbons (Fsp3) is 0.258. The first-order valence-corrected chi connectivity index (χ1v) is 14.3. The molecule has 6 nitrogen and oxygen atoms in total. The molecule has 0 bridgehead atoms. The number of aryl methyl sites for hydroxylation is 4. The van der Waals surface area contributed by atoms with E-state index < -0.39 is 34.5 Å². The van der Waals surface area contributed by atoms with E-state index in [0.717, 1.165) is 38.7 Å². The summed E-state index contributed by atoms with van der Waals surface area (Å²) in [6.07, 6.45) is -4.27. The molecular formula is C31H30F3NO5S. The van der Waals surface area contributed by atoms with Gasteiger partial charge in [0.05, 0.1) is 11.4 Å². The van der Waals surface area contributed by atoms with E-state index in [0.29, 0.717) is 23.1 Å². The van der Waals surface area contributed by atoms with Crippen molar-refractivity contribution in [2.75, 3.05) is 0 Å². The van der Waals surface area contributed by atoms with Gasteiger partial charge in [-0.2, -0.15) is 17.5 Å². The standard InChI is InChI=1S/C31H30F3NO5S/c1-20-15-21(2)30(22(3)16-20)41(38,39)35(19-27-12-13-28(40-27)31(32,33)34)18-24-7-10-25(11-8-24)26-6-4-5-23(17-26)9-14-29(36)37/h4-8,10-13,15-17H,9,14,18-19H2,1-3H3,(H,36,37). The Morgan fingerprint density at radius 3 is 2.10 bits per heavy atom. The fourth-order valence-electron chi connectivity index (χ4n) is 4.88. The molecule has 0 saturated carbocycles. The van der Waals surface area contributed by atoms with Crippen LogP contribution in [-0.2, 0) is 40.5 Å². The second-order valence-corrected chi connectivity index (χ2v) is 11.9. The van der Waals surface area contributed by atoms with Gasteiger partial charge in [0.25, 0.3) is 0 Å². The lowest BCUT2D eigenvalue weighted by Crippen LogP contribution is -2.31. The van der Waals surface area contributed by atoms with Gasteiger partial charge in [0, 0.05) is 13.0 Å². The Kier molecular flexibility index (Phi) is 8.74. The van der Waals surface area contributed by atoms with E-state index in [-0.39, 0.29) is 23.6 Å². The van der Waals surface area contributed by atoms with E-state index in [2.05, 4.69) is 0 Å². The van der Waals surface area contributed by atoms with Crippen molar-refractivity contribution < 1.29 is 35.9 Å². The summed E-state index contributed by atoms with van der Waals surface area (Å²) in [5, 5.41) is 8.96. The molecule has 0 atom stereocenters. The number of carboxylic acid groups (broad SMARTS) is 1. The highest BCUT2D eigenvalue weighted by molar-refractivity contribution is 7.89. The summed E-state index contributed by atoms with van der Waals surface area (Å²) in [5.74, 6) is -2.19. The zero-order chi connectivity index (χ0) is 29.9. The molecule has 0 aliphatic heterocycles. The molecule has 0 unspecified atom stereocenters. The van der Waals surface area contributed by atoms with E-state index >= 15 is 0 Å². The van der Waals surface area contributed by atoms with Crippen molar-refractivity contribution in [3.63, 3.8) is 0 Å². The van der Waals surface area contributed by atoms with Crippen LogP contribution in [0.15, 0.2) is 82.1 Å². The molecule has 10 heteroatoms. The van der Waals surface area contributed by atoms with Crippen LogP contribution in [-0.4, -0.2) is 23.8 Å². The van der Waals surface area contributed by atoms with Crippen LogP contribution in [0.25, 0.3) is 11.1 Å². The zero-order valence-electron chi connectivity index (χ0n) is 22.8. The molecule has 41 heavy (non-hydrogen) atoms. The van der Waals surface area contributed by atoms with Crippen LogP contribution in [0.3, 0.4) is 0 Å². The third-order valence-corrected chi connectivity index (χ3v) is 8.77.